The number of carbonyl (C=O) groups is 2. The lowest BCUT2D eigenvalue weighted by atomic mass is 10.1. The number of rotatable bonds is 2. The minimum atomic E-state index is -1.30. The van der Waals surface area contributed by atoms with E-state index < -0.39 is 11.9 Å². The molecule has 7 nitrogen and oxygen atoms in total. The standard InChI is InChI=1S/C9H7N3O4/c1-12-7-3-5(9(15)16)4(8(13)14)2-6(7)10-11-12/h2-3H,1H3,(H,13,14)(H,15,16). The molecular weight excluding hydrogens is 214 g/mol. The second-order valence-electron chi connectivity index (χ2n) is 3.21. The first-order valence-corrected chi connectivity index (χ1v) is 4.30. The highest BCUT2D eigenvalue weighted by Crippen LogP contribution is 2.18. The van der Waals surface area contributed by atoms with Gasteiger partial charge in [0.05, 0.1) is 16.6 Å². The largest absolute Gasteiger partial charge is 0.478 e. The van der Waals surface area contributed by atoms with Crippen LogP contribution in [0.2, 0.25) is 0 Å². The highest BCUT2D eigenvalue weighted by Gasteiger charge is 2.18. The molecule has 0 saturated carbocycles. The normalized spacial score (nSPS) is 10.6. The number of carboxylic acids is 2. The summed E-state index contributed by atoms with van der Waals surface area (Å²) in [6.07, 6.45) is 0. The van der Waals surface area contributed by atoms with Crippen LogP contribution in [-0.4, -0.2) is 37.1 Å². The van der Waals surface area contributed by atoms with Gasteiger partial charge in [-0.05, 0) is 12.1 Å². The summed E-state index contributed by atoms with van der Waals surface area (Å²) in [6, 6.07) is 2.45. The van der Waals surface area contributed by atoms with Crippen LogP contribution in [0.1, 0.15) is 20.7 Å². The summed E-state index contributed by atoms with van der Waals surface area (Å²) >= 11 is 0. The predicted molar refractivity (Wildman–Crippen MR) is 52.4 cm³/mol. The van der Waals surface area contributed by atoms with E-state index in [0.717, 1.165) is 0 Å². The molecule has 0 amide bonds. The maximum Gasteiger partial charge on any atom is 0.336 e. The van der Waals surface area contributed by atoms with Crippen LogP contribution in [0.25, 0.3) is 11.0 Å². The van der Waals surface area contributed by atoms with Gasteiger partial charge in [-0.2, -0.15) is 0 Å². The summed E-state index contributed by atoms with van der Waals surface area (Å²) < 4.78 is 1.38. The fourth-order valence-corrected chi connectivity index (χ4v) is 1.43. The second-order valence-corrected chi connectivity index (χ2v) is 3.21. The van der Waals surface area contributed by atoms with Gasteiger partial charge in [-0.1, -0.05) is 5.21 Å². The number of hydrogen-bond acceptors (Lipinski definition) is 4. The van der Waals surface area contributed by atoms with Crippen molar-refractivity contribution in [2.24, 2.45) is 7.05 Å². The maximum absolute atomic E-state index is 10.9. The third-order valence-electron chi connectivity index (χ3n) is 2.21. The zero-order valence-corrected chi connectivity index (χ0v) is 8.21. The lowest BCUT2D eigenvalue weighted by Crippen LogP contribution is -2.08. The Morgan fingerprint density at radius 2 is 1.75 bits per heavy atom. The number of fused-ring (bicyclic) bond motifs is 1. The van der Waals surface area contributed by atoms with Gasteiger partial charge >= 0.3 is 11.9 Å². The summed E-state index contributed by atoms with van der Waals surface area (Å²) in [5.41, 5.74) is 0.262. The molecule has 0 aliphatic rings. The van der Waals surface area contributed by atoms with Gasteiger partial charge in [-0.3, -0.25) is 0 Å². The van der Waals surface area contributed by atoms with E-state index in [1.807, 2.05) is 0 Å². The first-order valence-electron chi connectivity index (χ1n) is 4.30. The number of nitrogens with zero attached hydrogens (tertiary/aromatic N) is 3. The molecule has 7 heteroatoms. The first-order chi connectivity index (χ1) is 7.50. The average molecular weight is 221 g/mol. The molecular formula is C9H7N3O4. The topological polar surface area (TPSA) is 105 Å². The number of hydrogen-bond donors (Lipinski definition) is 2. The van der Waals surface area contributed by atoms with Crippen LogP contribution >= 0.6 is 0 Å². The molecule has 1 aromatic heterocycles. The molecule has 2 rings (SSSR count). The molecule has 0 radical (unpaired) electrons. The van der Waals surface area contributed by atoms with Crippen molar-refractivity contribution < 1.29 is 19.8 Å². The molecule has 0 unspecified atom stereocenters. The number of aromatic nitrogens is 3. The number of aryl methyl sites for hydroxylation is 1. The van der Waals surface area contributed by atoms with E-state index in [9.17, 15) is 9.59 Å². The van der Waals surface area contributed by atoms with Crippen molar-refractivity contribution in [3.63, 3.8) is 0 Å². The highest BCUT2D eigenvalue weighted by atomic mass is 16.4. The molecule has 0 saturated heterocycles. The molecule has 0 spiro atoms. The van der Waals surface area contributed by atoms with Crippen molar-refractivity contribution in [1.82, 2.24) is 15.0 Å². The van der Waals surface area contributed by atoms with Crippen molar-refractivity contribution in [1.29, 1.82) is 0 Å². The molecule has 1 aromatic carbocycles. The van der Waals surface area contributed by atoms with Crippen LogP contribution in [0, 0.1) is 0 Å². The Hall–Kier alpha value is -2.44. The van der Waals surface area contributed by atoms with Crippen LogP contribution in [0.4, 0.5) is 0 Å². The van der Waals surface area contributed by atoms with E-state index in [2.05, 4.69) is 10.3 Å². The molecule has 1 heterocycles. The molecule has 2 aromatic rings. The zero-order valence-electron chi connectivity index (χ0n) is 8.21. The minimum absolute atomic E-state index is 0.273. The van der Waals surface area contributed by atoms with Gasteiger partial charge in [0.1, 0.15) is 5.52 Å². The van der Waals surface area contributed by atoms with Crippen LogP contribution in [0.15, 0.2) is 12.1 Å². The van der Waals surface area contributed by atoms with E-state index >= 15 is 0 Å². The number of carboxylic acid groups (broad SMARTS) is 2. The van der Waals surface area contributed by atoms with E-state index in [0.29, 0.717) is 11.0 Å². The molecule has 0 fully saturated rings. The van der Waals surface area contributed by atoms with Crippen molar-refractivity contribution in [2.75, 3.05) is 0 Å². The van der Waals surface area contributed by atoms with E-state index in [1.165, 1.54) is 16.8 Å². The van der Waals surface area contributed by atoms with Gasteiger partial charge in [0.2, 0.25) is 0 Å². The van der Waals surface area contributed by atoms with Gasteiger partial charge in [0, 0.05) is 7.05 Å². The summed E-state index contributed by atoms with van der Waals surface area (Å²) in [5.74, 6) is -2.59. The summed E-state index contributed by atoms with van der Waals surface area (Å²) in [7, 11) is 1.60. The first kappa shape index (κ1) is 10.1. The average Bonchev–Trinajstić information content (AvgIpc) is 2.58. The van der Waals surface area contributed by atoms with Crippen LogP contribution in [0.5, 0.6) is 0 Å². The van der Waals surface area contributed by atoms with Crippen LogP contribution < -0.4 is 0 Å². The molecule has 82 valence electrons. The smallest absolute Gasteiger partial charge is 0.336 e. The fraction of sp³-hybridized carbons (Fsp3) is 0.111. The van der Waals surface area contributed by atoms with Crippen LogP contribution in [-0.2, 0) is 7.05 Å². The third kappa shape index (κ3) is 1.38. The van der Waals surface area contributed by atoms with Crippen molar-refractivity contribution in [2.45, 2.75) is 0 Å². The molecule has 0 aliphatic heterocycles. The Labute approximate surface area is 88.9 Å². The Balaban J connectivity index is 2.83. The Morgan fingerprint density at radius 3 is 2.31 bits per heavy atom. The SMILES string of the molecule is Cn1nnc2cc(C(=O)O)c(C(=O)O)cc21. The van der Waals surface area contributed by atoms with Crippen molar-refractivity contribution in [3.8, 4) is 0 Å². The van der Waals surface area contributed by atoms with Gasteiger partial charge in [0.15, 0.2) is 0 Å². The predicted octanol–water partition coefficient (Wildman–Crippen LogP) is 0.365. The van der Waals surface area contributed by atoms with Gasteiger partial charge in [-0.15, -0.1) is 5.10 Å². The molecule has 0 bridgehead atoms. The quantitative estimate of drug-likeness (QED) is 0.758. The summed E-state index contributed by atoms with van der Waals surface area (Å²) in [6.45, 7) is 0. The van der Waals surface area contributed by atoms with Crippen molar-refractivity contribution >= 4 is 23.0 Å². The summed E-state index contributed by atoms with van der Waals surface area (Å²) in [4.78, 5) is 21.7. The van der Waals surface area contributed by atoms with E-state index in [4.69, 9.17) is 10.2 Å². The summed E-state index contributed by atoms with van der Waals surface area (Å²) in [5, 5.41) is 25.1. The van der Waals surface area contributed by atoms with Gasteiger partial charge < -0.3 is 10.2 Å². The van der Waals surface area contributed by atoms with Crippen molar-refractivity contribution in [3.05, 3.63) is 23.3 Å². The zero-order chi connectivity index (χ0) is 11.9. The number of aromatic carboxylic acids is 2. The molecule has 2 N–H and O–H groups in total. The van der Waals surface area contributed by atoms with E-state index in [1.54, 1.807) is 7.05 Å². The van der Waals surface area contributed by atoms with Gasteiger partial charge in [0.25, 0.3) is 0 Å². The Kier molecular flexibility index (Phi) is 2.08. The number of benzene rings is 1. The maximum atomic E-state index is 10.9. The molecule has 0 atom stereocenters. The highest BCUT2D eigenvalue weighted by molar-refractivity contribution is 6.05. The second kappa shape index (κ2) is 3.30. The van der Waals surface area contributed by atoms with Crippen LogP contribution in [0.3, 0.4) is 0 Å². The molecule has 0 aliphatic carbocycles. The third-order valence-corrected chi connectivity index (χ3v) is 2.21. The molecule has 16 heavy (non-hydrogen) atoms. The fourth-order valence-electron chi connectivity index (χ4n) is 1.43. The lowest BCUT2D eigenvalue weighted by Gasteiger charge is -2.01. The van der Waals surface area contributed by atoms with E-state index in [-0.39, 0.29) is 11.1 Å². The Bertz CT molecular complexity index is 602. The monoisotopic (exact) mass is 221 g/mol. The Morgan fingerprint density at radius 1 is 1.19 bits per heavy atom. The minimum Gasteiger partial charge on any atom is -0.478 e. The van der Waals surface area contributed by atoms with Gasteiger partial charge in [-0.25, -0.2) is 14.3 Å². The lowest BCUT2D eigenvalue weighted by molar-refractivity contribution is 0.0652.